The molecule has 0 spiro atoms. The highest BCUT2D eigenvalue weighted by atomic mass is 16.6. The third kappa shape index (κ3) is 2.30. The molecule has 0 amide bonds. The fourth-order valence-corrected chi connectivity index (χ4v) is 1.96. The summed E-state index contributed by atoms with van der Waals surface area (Å²) in [6.45, 7) is 5.25. The lowest BCUT2D eigenvalue weighted by atomic mass is 10.1. The topological polar surface area (TPSA) is 48.1 Å². The summed E-state index contributed by atoms with van der Waals surface area (Å²) in [5.41, 5.74) is 1.13. The monoisotopic (exact) mass is 232 g/mol. The van der Waals surface area contributed by atoms with Crippen LogP contribution in [0.25, 0.3) is 10.9 Å². The summed E-state index contributed by atoms with van der Waals surface area (Å²) in [7, 11) is 0. The zero-order valence-corrected chi connectivity index (χ0v) is 10.1. The van der Waals surface area contributed by atoms with E-state index in [-0.39, 0.29) is 10.6 Å². The minimum Gasteiger partial charge on any atom is -0.347 e. The van der Waals surface area contributed by atoms with Crippen molar-refractivity contribution in [2.24, 2.45) is 5.92 Å². The Labute approximate surface area is 100 Å². The molecule has 90 valence electrons. The first-order valence-corrected chi connectivity index (χ1v) is 5.82. The van der Waals surface area contributed by atoms with Crippen molar-refractivity contribution in [1.29, 1.82) is 0 Å². The molecule has 0 bridgehead atoms. The quantitative estimate of drug-likeness (QED) is 0.597. The highest BCUT2D eigenvalue weighted by Gasteiger charge is 2.13. The van der Waals surface area contributed by atoms with E-state index < -0.39 is 0 Å². The number of hydrogen-bond acceptors (Lipinski definition) is 2. The Balaban J connectivity index is 2.40. The summed E-state index contributed by atoms with van der Waals surface area (Å²) < 4.78 is 2.09. The van der Waals surface area contributed by atoms with Crippen LogP contribution in [0.15, 0.2) is 30.5 Å². The maximum Gasteiger partial charge on any atom is 0.278 e. The third-order valence-electron chi connectivity index (χ3n) is 2.93. The van der Waals surface area contributed by atoms with Crippen molar-refractivity contribution < 1.29 is 4.92 Å². The summed E-state index contributed by atoms with van der Waals surface area (Å²) in [4.78, 5) is 10.6. The van der Waals surface area contributed by atoms with Gasteiger partial charge < -0.3 is 4.57 Å². The van der Waals surface area contributed by atoms with Gasteiger partial charge in [-0.15, -0.1) is 0 Å². The standard InChI is InChI=1S/C13H16N2O2/c1-10(2)6-8-14-9-7-11-12(14)4-3-5-13(11)15(16)17/h3-5,7,9-10H,6,8H2,1-2H3. The summed E-state index contributed by atoms with van der Waals surface area (Å²) in [6.07, 6.45) is 3.01. The largest absolute Gasteiger partial charge is 0.347 e. The van der Waals surface area contributed by atoms with Crippen LogP contribution >= 0.6 is 0 Å². The van der Waals surface area contributed by atoms with Gasteiger partial charge in [0.15, 0.2) is 0 Å². The third-order valence-corrected chi connectivity index (χ3v) is 2.93. The van der Waals surface area contributed by atoms with Crippen LogP contribution in [0.5, 0.6) is 0 Å². The maximum absolute atomic E-state index is 10.9. The van der Waals surface area contributed by atoms with Crippen LogP contribution in [0.4, 0.5) is 5.69 Å². The van der Waals surface area contributed by atoms with E-state index in [4.69, 9.17) is 0 Å². The van der Waals surface area contributed by atoms with Gasteiger partial charge in [0, 0.05) is 18.8 Å². The van der Waals surface area contributed by atoms with Crippen LogP contribution in [0, 0.1) is 16.0 Å². The Morgan fingerprint density at radius 1 is 1.35 bits per heavy atom. The second-order valence-electron chi connectivity index (χ2n) is 4.66. The predicted octanol–water partition coefficient (Wildman–Crippen LogP) is 3.60. The maximum atomic E-state index is 10.9. The number of aromatic nitrogens is 1. The lowest BCUT2D eigenvalue weighted by Crippen LogP contribution is -2.00. The van der Waals surface area contributed by atoms with E-state index in [1.165, 1.54) is 0 Å². The molecule has 0 saturated heterocycles. The molecule has 4 nitrogen and oxygen atoms in total. The van der Waals surface area contributed by atoms with Gasteiger partial charge in [-0.2, -0.15) is 0 Å². The van der Waals surface area contributed by atoms with Crippen molar-refractivity contribution in [2.75, 3.05) is 0 Å². The van der Waals surface area contributed by atoms with Gasteiger partial charge in [-0.3, -0.25) is 10.1 Å². The molecule has 2 aromatic rings. The fourth-order valence-electron chi connectivity index (χ4n) is 1.96. The Morgan fingerprint density at radius 3 is 2.76 bits per heavy atom. The fraction of sp³-hybridized carbons (Fsp3) is 0.385. The van der Waals surface area contributed by atoms with Crippen LogP contribution in [0.1, 0.15) is 20.3 Å². The molecule has 2 rings (SSSR count). The van der Waals surface area contributed by atoms with E-state index in [2.05, 4.69) is 18.4 Å². The minimum absolute atomic E-state index is 0.186. The van der Waals surface area contributed by atoms with Gasteiger partial charge in [0.1, 0.15) is 0 Å². The first-order valence-electron chi connectivity index (χ1n) is 5.82. The highest BCUT2D eigenvalue weighted by Crippen LogP contribution is 2.26. The molecule has 0 aliphatic rings. The number of nitro benzene ring substituents is 1. The van der Waals surface area contributed by atoms with E-state index in [0.29, 0.717) is 5.92 Å². The van der Waals surface area contributed by atoms with Crippen molar-refractivity contribution >= 4 is 16.6 Å². The van der Waals surface area contributed by atoms with E-state index in [0.717, 1.165) is 23.9 Å². The summed E-state index contributed by atoms with van der Waals surface area (Å²) in [6, 6.07) is 7.05. The predicted molar refractivity (Wildman–Crippen MR) is 68.0 cm³/mol. The van der Waals surface area contributed by atoms with Crippen molar-refractivity contribution in [3.63, 3.8) is 0 Å². The molecule has 0 saturated carbocycles. The molecule has 0 unspecified atom stereocenters. The Morgan fingerprint density at radius 2 is 2.12 bits per heavy atom. The molecule has 0 atom stereocenters. The first-order chi connectivity index (χ1) is 8.09. The van der Waals surface area contributed by atoms with Gasteiger partial charge in [0.2, 0.25) is 0 Å². The molecule has 4 heteroatoms. The number of hydrogen-bond donors (Lipinski definition) is 0. The van der Waals surface area contributed by atoms with Crippen molar-refractivity contribution in [1.82, 2.24) is 4.57 Å². The molecule has 0 aliphatic heterocycles. The molecule has 0 radical (unpaired) electrons. The number of benzene rings is 1. The van der Waals surface area contributed by atoms with Crippen LogP contribution in [0.2, 0.25) is 0 Å². The van der Waals surface area contributed by atoms with Crippen LogP contribution in [0.3, 0.4) is 0 Å². The average Bonchev–Trinajstić information content (AvgIpc) is 2.68. The number of nitro groups is 1. The molecule has 1 heterocycles. The van der Waals surface area contributed by atoms with Crippen molar-refractivity contribution in [2.45, 2.75) is 26.8 Å². The molecule has 1 aromatic heterocycles. The minimum atomic E-state index is -0.324. The second-order valence-corrected chi connectivity index (χ2v) is 4.66. The summed E-state index contributed by atoms with van der Waals surface area (Å²) in [5.74, 6) is 0.631. The molecule has 17 heavy (non-hydrogen) atoms. The van der Waals surface area contributed by atoms with E-state index >= 15 is 0 Å². The number of fused-ring (bicyclic) bond motifs is 1. The second kappa shape index (κ2) is 4.57. The Kier molecular flexibility index (Phi) is 3.13. The molecule has 0 aliphatic carbocycles. The lowest BCUT2D eigenvalue weighted by molar-refractivity contribution is -0.383. The van der Waals surface area contributed by atoms with Gasteiger partial charge in [-0.05, 0) is 24.5 Å². The smallest absolute Gasteiger partial charge is 0.278 e. The Hall–Kier alpha value is -1.84. The van der Waals surface area contributed by atoms with E-state index in [1.54, 1.807) is 12.1 Å². The molecule has 0 fully saturated rings. The lowest BCUT2D eigenvalue weighted by Gasteiger charge is -2.07. The number of rotatable bonds is 4. The molecule has 0 N–H and O–H groups in total. The first kappa shape index (κ1) is 11.6. The van der Waals surface area contributed by atoms with E-state index in [9.17, 15) is 10.1 Å². The molecular formula is C13H16N2O2. The SMILES string of the molecule is CC(C)CCn1ccc2c([N+](=O)[O-])cccc21. The van der Waals surface area contributed by atoms with Gasteiger partial charge >= 0.3 is 0 Å². The van der Waals surface area contributed by atoms with Crippen molar-refractivity contribution in [3.05, 3.63) is 40.6 Å². The zero-order chi connectivity index (χ0) is 12.4. The van der Waals surface area contributed by atoms with Crippen LogP contribution in [-0.2, 0) is 6.54 Å². The van der Waals surface area contributed by atoms with Crippen LogP contribution in [-0.4, -0.2) is 9.49 Å². The molecular weight excluding hydrogens is 216 g/mol. The highest BCUT2D eigenvalue weighted by molar-refractivity contribution is 5.89. The van der Waals surface area contributed by atoms with Gasteiger partial charge in [0.05, 0.1) is 15.8 Å². The molecule has 1 aromatic carbocycles. The summed E-state index contributed by atoms with van der Waals surface area (Å²) in [5, 5.41) is 11.6. The van der Waals surface area contributed by atoms with Gasteiger partial charge in [0.25, 0.3) is 5.69 Å². The zero-order valence-electron chi connectivity index (χ0n) is 10.1. The van der Waals surface area contributed by atoms with Gasteiger partial charge in [-0.1, -0.05) is 19.9 Å². The summed E-state index contributed by atoms with van der Waals surface area (Å²) >= 11 is 0. The van der Waals surface area contributed by atoms with Gasteiger partial charge in [-0.25, -0.2) is 0 Å². The van der Waals surface area contributed by atoms with Crippen LogP contribution < -0.4 is 0 Å². The van der Waals surface area contributed by atoms with E-state index in [1.807, 2.05) is 18.3 Å². The number of nitrogens with zero attached hydrogens (tertiary/aromatic N) is 2. The number of aryl methyl sites for hydroxylation is 1. The Bertz CT molecular complexity index is 543. The number of non-ortho nitro benzene ring substituents is 1. The normalized spacial score (nSPS) is 11.2. The average molecular weight is 232 g/mol. The van der Waals surface area contributed by atoms with Crippen molar-refractivity contribution in [3.8, 4) is 0 Å².